The van der Waals surface area contributed by atoms with E-state index in [2.05, 4.69) is 13.2 Å². The molecule has 1 nitrogen and oxygen atoms in total. The Hall–Kier alpha value is -0.530. The lowest BCUT2D eigenvalue weighted by atomic mass is 10.3. The molecule has 0 saturated heterocycles. The van der Waals surface area contributed by atoms with E-state index in [4.69, 9.17) is 23.2 Å². The van der Waals surface area contributed by atoms with Crippen molar-refractivity contribution in [2.24, 2.45) is 0 Å². The maximum atomic E-state index is 10.4. The largest absolute Gasteiger partial charge is 0.276 e. The van der Waals surface area contributed by atoms with E-state index in [9.17, 15) is 4.79 Å². The molecule has 0 bridgehead atoms. The van der Waals surface area contributed by atoms with Gasteiger partial charge in [0.2, 0.25) is 0 Å². The average Bonchev–Trinajstić information content (AvgIpc) is 1.81. The fourth-order valence-corrected chi connectivity index (χ4v) is 0.614. The summed E-state index contributed by atoms with van der Waals surface area (Å²) in [4.78, 5) is 10.4. The minimum atomic E-state index is -0.586. The summed E-state index contributed by atoms with van der Waals surface area (Å²) in [6.07, 6.45) is 2.67. The molecular weight excluding hydrogens is 171 g/mol. The number of hydrogen-bond donors (Lipinski definition) is 0. The van der Waals surface area contributed by atoms with E-state index in [0.29, 0.717) is 0 Å². The summed E-state index contributed by atoms with van der Waals surface area (Å²) in [5.41, 5.74) is 0.252. The second kappa shape index (κ2) is 4.31. The van der Waals surface area contributed by atoms with E-state index in [-0.39, 0.29) is 10.6 Å². The summed E-state index contributed by atoms with van der Waals surface area (Å²) in [7, 11) is 0. The van der Waals surface area contributed by atoms with Crippen LogP contribution < -0.4 is 0 Å². The zero-order valence-electron chi connectivity index (χ0n) is 5.23. The first-order valence-electron chi connectivity index (χ1n) is 2.46. The number of hydrogen-bond acceptors (Lipinski definition) is 1. The van der Waals surface area contributed by atoms with Crippen LogP contribution in [0.25, 0.3) is 0 Å². The molecule has 0 saturated carbocycles. The van der Waals surface area contributed by atoms with Crippen molar-refractivity contribution in [3.8, 4) is 0 Å². The Kier molecular flexibility index (Phi) is 4.08. The highest BCUT2D eigenvalue weighted by Gasteiger charge is 1.99. The van der Waals surface area contributed by atoms with Crippen molar-refractivity contribution in [1.82, 2.24) is 0 Å². The molecule has 54 valence electrons. The first-order chi connectivity index (χ1) is 4.57. The van der Waals surface area contributed by atoms with E-state index in [1.165, 1.54) is 12.2 Å². The lowest BCUT2D eigenvalue weighted by Crippen LogP contribution is -1.87. The van der Waals surface area contributed by atoms with Gasteiger partial charge in [-0.05, 0) is 17.7 Å². The summed E-state index contributed by atoms with van der Waals surface area (Å²) in [5.74, 6) is 0. The highest BCUT2D eigenvalue weighted by molar-refractivity contribution is 6.68. The van der Waals surface area contributed by atoms with Gasteiger partial charge in [-0.15, -0.1) is 0 Å². The van der Waals surface area contributed by atoms with Gasteiger partial charge in [0.1, 0.15) is 0 Å². The quantitative estimate of drug-likeness (QED) is 0.368. The fourth-order valence-electron chi connectivity index (χ4n) is 0.365. The number of allylic oxidation sites excluding steroid dienone is 4. The molecule has 0 aromatic rings. The van der Waals surface area contributed by atoms with Gasteiger partial charge in [-0.3, -0.25) is 4.79 Å². The predicted molar refractivity (Wildman–Crippen MR) is 44.1 cm³/mol. The van der Waals surface area contributed by atoms with Crippen LogP contribution in [-0.2, 0) is 4.79 Å². The summed E-state index contributed by atoms with van der Waals surface area (Å²) < 4.78 is 0. The van der Waals surface area contributed by atoms with Gasteiger partial charge in [-0.2, -0.15) is 0 Å². The van der Waals surface area contributed by atoms with Crippen molar-refractivity contribution in [1.29, 1.82) is 0 Å². The van der Waals surface area contributed by atoms with Crippen molar-refractivity contribution >= 4 is 28.4 Å². The molecular formula is C7H6Cl2O. The molecule has 0 aliphatic rings. The van der Waals surface area contributed by atoms with Crippen molar-refractivity contribution < 1.29 is 4.79 Å². The molecule has 0 radical (unpaired) electrons. The molecule has 0 aromatic carbocycles. The van der Waals surface area contributed by atoms with Gasteiger partial charge in [0, 0.05) is 10.6 Å². The normalized spacial score (nSPS) is 10.8. The lowest BCUT2D eigenvalue weighted by molar-refractivity contribution is -0.108. The molecule has 0 unspecified atom stereocenters. The molecule has 0 aliphatic heterocycles. The molecule has 0 amide bonds. The van der Waals surface area contributed by atoms with Gasteiger partial charge in [-0.1, -0.05) is 30.8 Å². The monoisotopic (exact) mass is 176 g/mol. The topological polar surface area (TPSA) is 17.1 Å². The average molecular weight is 177 g/mol. The summed E-state index contributed by atoms with van der Waals surface area (Å²) in [6.45, 7) is 6.72. The summed E-state index contributed by atoms with van der Waals surface area (Å²) in [5, 5.41) is -0.333. The molecule has 0 rings (SSSR count). The van der Waals surface area contributed by atoms with E-state index >= 15 is 0 Å². The highest BCUT2D eigenvalue weighted by Crippen LogP contribution is 2.08. The Morgan fingerprint density at radius 3 is 2.00 bits per heavy atom. The minimum Gasteiger partial charge on any atom is -0.276 e. The van der Waals surface area contributed by atoms with Crippen LogP contribution in [0.2, 0.25) is 0 Å². The molecule has 0 N–H and O–H groups in total. The third-order valence-corrected chi connectivity index (χ3v) is 1.09. The van der Waals surface area contributed by atoms with Crippen molar-refractivity contribution in [2.45, 2.75) is 0 Å². The maximum Gasteiger partial charge on any atom is 0.252 e. The van der Waals surface area contributed by atoms with E-state index in [1.807, 2.05) is 0 Å². The van der Waals surface area contributed by atoms with Gasteiger partial charge < -0.3 is 0 Å². The van der Waals surface area contributed by atoms with Crippen LogP contribution in [0.5, 0.6) is 0 Å². The SMILES string of the molecule is C=C/C(=C\C(=C)Cl)C(=O)Cl. The first kappa shape index (κ1) is 9.47. The summed E-state index contributed by atoms with van der Waals surface area (Å²) in [6, 6.07) is 0. The molecule has 0 spiro atoms. The van der Waals surface area contributed by atoms with Crippen LogP contribution in [0.4, 0.5) is 0 Å². The third kappa shape index (κ3) is 3.49. The third-order valence-electron chi connectivity index (χ3n) is 0.759. The van der Waals surface area contributed by atoms with E-state index < -0.39 is 5.24 Å². The molecule has 0 aliphatic carbocycles. The molecule has 3 heteroatoms. The Labute approximate surface area is 69.6 Å². The minimum absolute atomic E-state index is 0.252. The maximum absolute atomic E-state index is 10.4. The second-order valence-corrected chi connectivity index (χ2v) is 2.35. The molecule has 0 heterocycles. The van der Waals surface area contributed by atoms with Crippen LogP contribution >= 0.6 is 23.2 Å². The zero-order valence-corrected chi connectivity index (χ0v) is 6.74. The Morgan fingerprint density at radius 1 is 1.40 bits per heavy atom. The fraction of sp³-hybridized carbons (Fsp3) is 0. The van der Waals surface area contributed by atoms with Crippen LogP contribution in [0.15, 0.2) is 35.9 Å². The second-order valence-electron chi connectivity index (χ2n) is 1.52. The number of halogens is 2. The van der Waals surface area contributed by atoms with Crippen LogP contribution in [0, 0.1) is 0 Å². The predicted octanol–water partition coefficient (Wildman–Crippen LogP) is 2.62. The highest BCUT2D eigenvalue weighted by atomic mass is 35.5. The van der Waals surface area contributed by atoms with Gasteiger partial charge in [0.05, 0.1) is 0 Å². The van der Waals surface area contributed by atoms with Crippen molar-refractivity contribution in [3.63, 3.8) is 0 Å². The first-order valence-corrected chi connectivity index (χ1v) is 3.22. The van der Waals surface area contributed by atoms with Gasteiger partial charge in [0.25, 0.3) is 5.24 Å². The smallest absolute Gasteiger partial charge is 0.252 e. The Morgan fingerprint density at radius 2 is 1.90 bits per heavy atom. The number of carbonyl (C=O) groups excluding carboxylic acids is 1. The molecule has 0 atom stereocenters. The Bertz CT molecular complexity index is 204. The molecule has 10 heavy (non-hydrogen) atoms. The van der Waals surface area contributed by atoms with Crippen LogP contribution in [-0.4, -0.2) is 5.24 Å². The van der Waals surface area contributed by atoms with E-state index in [0.717, 1.165) is 0 Å². The number of rotatable bonds is 3. The molecule has 0 fully saturated rings. The standard InChI is InChI=1S/C7H6Cl2O/c1-3-6(7(9)10)4-5(2)8/h3-4H,1-2H2/b6-4+. The van der Waals surface area contributed by atoms with Gasteiger partial charge in [-0.25, -0.2) is 0 Å². The van der Waals surface area contributed by atoms with E-state index in [1.54, 1.807) is 0 Å². The van der Waals surface area contributed by atoms with Crippen molar-refractivity contribution in [3.05, 3.63) is 35.9 Å². The number of carbonyl (C=O) groups is 1. The molecule has 0 aromatic heterocycles. The van der Waals surface area contributed by atoms with Crippen LogP contribution in [0.3, 0.4) is 0 Å². The van der Waals surface area contributed by atoms with Gasteiger partial charge >= 0.3 is 0 Å². The zero-order chi connectivity index (χ0) is 8.15. The van der Waals surface area contributed by atoms with Gasteiger partial charge in [0.15, 0.2) is 0 Å². The Balaban J connectivity index is 4.49. The summed E-state index contributed by atoms with van der Waals surface area (Å²) >= 11 is 10.5. The lowest BCUT2D eigenvalue weighted by Gasteiger charge is -1.90. The van der Waals surface area contributed by atoms with Crippen LogP contribution in [0.1, 0.15) is 0 Å². The van der Waals surface area contributed by atoms with Crippen molar-refractivity contribution in [2.75, 3.05) is 0 Å².